The summed E-state index contributed by atoms with van der Waals surface area (Å²) in [6.45, 7) is 0.490. The largest absolute Gasteiger partial charge is 0.322 e. The zero-order chi connectivity index (χ0) is 20.5. The molecular formula is C25H20ClN3O. The lowest BCUT2D eigenvalue weighted by molar-refractivity contribution is 0.194. The Morgan fingerprint density at radius 1 is 0.900 bits per heavy atom. The molecule has 1 atom stereocenters. The molecule has 1 N–H and O–H groups in total. The molecular weight excluding hydrogens is 394 g/mol. The van der Waals surface area contributed by atoms with Crippen molar-refractivity contribution in [3.05, 3.63) is 119 Å². The van der Waals surface area contributed by atoms with Crippen molar-refractivity contribution < 1.29 is 4.79 Å². The summed E-state index contributed by atoms with van der Waals surface area (Å²) in [7, 11) is 0. The van der Waals surface area contributed by atoms with Crippen LogP contribution in [0.25, 0.3) is 5.69 Å². The lowest BCUT2D eigenvalue weighted by atomic mass is 10.0. The summed E-state index contributed by atoms with van der Waals surface area (Å²) in [4.78, 5) is 15.4. The minimum atomic E-state index is -0.229. The first kappa shape index (κ1) is 18.5. The van der Waals surface area contributed by atoms with Gasteiger partial charge in [0.1, 0.15) is 0 Å². The summed E-state index contributed by atoms with van der Waals surface area (Å²) in [5.41, 5.74) is 4.97. The van der Waals surface area contributed by atoms with Crippen LogP contribution in [-0.4, -0.2) is 15.5 Å². The smallest absolute Gasteiger partial charge is 0.318 e. The van der Waals surface area contributed by atoms with Crippen LogP contribution >= 0.6 is 11.6 Å². The maximum absolute atomic E-state index is 13.5. The molecule has 2 heterocycles. The summed E-state index contributed by atoms with van der Waals surface area (Å²) in [6.07, 6.45) is 2.06. The molecule has 4 nitrogen and oxygen atoms in total. The van der Waals surface area contributed by atoms with E-state index in [2.05, 4.69) is 46.4 Å². The highest BCUT2D eigenvalue weighted by Gasteiger charge is 2.32. The van der Waals surface area contributed by atoms with Crippen LogP contribution in [-0.2, 0) is 6.54 Å². The van der Waals surface area contributed by atoms with Crippen molar-refractivity contribution in [3.8, 4) is 5.69 Å². The molecule has 1 aliphatic rings. The molecule has 4 aromatic rings. The standard InChI is InChI=1S/C25H20ClN3O/c26-20-11-6-12-21(16-20)27-25(30)29-17-19-10-4-5-13-22(19)28-15-7-14-23(28)24(29)18-8-2-1-3-9-18/h1-16,24H,17H2,(H,27,30)/t24-/m1/s1. The van der Waals surface area contributed by atoms with Gasteiger partial charge in [0, 0.05) is 22.6 Å². The average Bonchev–Trinajstić information content (AvgIpc) is 3.18. The monoisotopic (exact) mass is 413 g/mol. The molecule has 0 unspecified atom stereocenters. The van der Waals surface area contributed by atoms with Gasteiger partial charge in [0.15, 0.2) is 0 Å². The Kier molecular flexibility index (Phi) is 4.77. The van der Waals surface area contributed by atoms with E-state index in [1.807, 2.05) is 53.4 Å². The van der Waals surface area contributed by atoms with Crippen molar-refractivity contribution in [1.29, 1.82) is 0 Å². The van der Waals surface area contributed by atoms with E-state index in [1.165, 1.54) is 0 Å². The maximum atomic E-state index is 13.5. The zero-order valence-corrected chi connectivity index (χ0v) is 17.0. The molecule has 0 bridgehead atoms. The van der Waals surface area contributed by atoms with Crippen LogP contribution in [0.2, 0.25) is 5.02 Å². The fourth-order valence-electron chi connectivity index (χ4n) is 4.09. The summed E-state index contributed by atoms with van der Waals surface area (Å²) in [5, 5.41) is 3.61. The Labute approximate surface area is 180 Å². The first-order valence-corrected chi connectivity index (χ1v) is 10.2. The normalized spacial score (nSPS) is 15.1. The van der Waals surface area contributed by atoms with E-state index < -0.39 is 0 Å². The minimum absolute atomic E-state index is 0.171. The fraction of sp³-hybridized carbons (Fsp3) is 0.0800. The number of para-hydroxylation sites is 1. The van der Waals surface area contributed by atoms with Gasteiger partial charge in [-0.1, -0.05) is 66.2 Å². The van der Waals surface area contributed by atoms with Gasteiger partial charge in [0.05, 0.1) is 18.3 Å². The molecule has 1 aliphatic heterocycles. The number of hydrogen-bond donors (Lipinski definition) is 1. The number of benzene rings is 3. The van der Waals surface area contributed by atoms with Crippen molar-refractivity contribution in [3.63, 3.8) is 0 Å². The quantitative estimate of drug-likeness (QED) is 0.413. The molecule has 3 aromatic carbocycles. The summed E-state index contributed by atoms with van der Waals surface area (Å²) in [6, 6.07) is 29.3. The van der Waals surface area contributed by atoms with Crippen molar-refractivity contribution >= 4 is 23.3 Å². The van der Waals surface area contributed by atoms with E-state index in [0.717, 1.165) is 22.5 Å². The Balaban J connectivity index is 1.63. The second-order valence-electron chi connectivity index (χ2n) is 7.31. The van der Waals surface area contributed by atoms with Crippen LogP contribution in [0.3, 0.4) is 0 Å². The number of carbonyl (C=O) groups excluding carboxylic acids is 1. The number of halogens is 1. The predicted molar refractivity (Wildman–Crippen MR) is 120 cm³/mol. The van der Waals surface area contributed by atoms with Crippen molar-refractivity contribution in [2.45, 2.75) is 12.6 Å². The SMILES string of the molecule is O=C(Nc1cccc(Cl)c1)N1Cc2ccccc2-n2cccc2[C@H]1c1ccccc1. The van der Waals surface area contributed by atoms with Crippen molar-refractivity contribution in [2.24, 2.45) is 0 Å². The van der Waals surface area contributed by atoms with Gasteiger partial charge in [-0.3, -0.25) is 0 Å². The second-order valence-corrected chi connectivity index (χ2v) is 7.75. The topological polar surface area (TPSA) is 37.3 Å². The van der Waals surface area contributed by atoms with Crippen LogP contribution in [0, 0.1) is 0 Å². The number of urea groups is 1. The average molecular weight is 414 g/mol. The van der Waals surface area contributed by atoms with Crippen LogP contribution < -0.4 is 5.32 Å². The Morgan fingerprint density at radius 3 is 2.53 bits per heavy atom. The fourth-order valence-corrected chi connectivity index (χ4v) is 4.28. The molecule has 2 amide bonds. The van der Waals surface area contributed by atoms with E-state index in [-0.39, 0.29) is 12.1 Å². The molecule has 0 saturated heterocycles. The van der Waals surface area contributed by atoms with Gasteiger partial charge >= 0.3 is 6.03 Å². The maximum Gasteiger partial charge on any atom is 0.322 e. The zero-order valence-electron chi connectivity index (χ0n) is 16.2. The van der Waals surface area contributed by atoms with Crippen molar-refractivity contribution in [2.75, 3.05) is 5.32 Å². The molecule has 30 heavy (non-hydrogen) atoms. The molecule has 0 aliphatic carbocycles. The number of carbonyl (C=O) groups is 1. The van der Waals surface area contributed by atoms with E-state index in [0.29, 0.717) is 17.3 Å². The van der Waals surface area contributed by atoms with Crippen LogP contribution in [0.5, 0.6) is 0 Å². The number of anilines is 1. The molecule has 0 fully saturated rings. The number of aromatic nitrogens is 1. The third-order valence-electron chi connectivity index (χ3n) is 5.42. The molecule has 0 spiro atoms. The minimum Gasteiger partial charge on any atom is -0.318 e. The Hall–Kier alpha value is -3.50. The highest BCUT2D eigenvalue weighted by molar-refractivity contribution is 6.30. The molecule has 0 radical (unpaired) electrons. The van der Waals surface area contributed by atoms with Crippen LogP contribution in [0.15, 0.2) is 97.2 Å². The molecule has 5 heteroatoms. The third-order valence-corrected chi connectivity index (χ3v) is 5.65. The third kappa shape index (κ3) is 3.36. The van der Waals surface area contributed by atoms with Gasteiger partial charge in [-0.25, -0.2) is 4.79 Å². The van der Waals surface area contributed by atoms with Gasteiger partial charge < -0.3 is 14.8 Å². The number of amides is 2. The van der Waals surface area contributed by atoms with Gasteiger partial charge in [0.25, 0.3) is 0 Å². The van der Waals surface area contributed by atoms with Gasteiger partial charge in [-0.15, -0.1) is 0 Å². The van der Waals surface area contributed by atoms with Crippen molar-refractivity contribution in [1.82, 2.24) is 9.47 Å². The lowest BCUT2D eigenvalue weighted by Gasteiger charge is -2.31. The second kappa shape index (κ2) is 7.73. The number of fused-ring (bicyclic) bond motifs is 3. The predicted octanol–water partition coefficient (Wildman–Crippen LogP) is 6.27. The first-order valence-electron chi connectivity index (χ1n) is 9.84. The lowest BCUT2D eigenvalue weighted by Crippen LogP contribution is -2.37. The molecule has 1 aromatic heterocycles. The number of hydrogen-bond acceptors (Lipinski definition) is 1. The Morgan fingerprint density at radius 2 is 1.70 bits per heavy atom. The molecule has 148 valence electrons. The first-order chi connectivity index (χ1) is 14.7. The van der Waals surface area contributed by atoms with Gasteiger partial charge in [0.2, 0.25) is 0 Å². The van der Waals surface area contributed by atoms with Gasteiger partial charge in [-0.05, 0) is 47.5 Å². The van der Waals surface area contributed by atoms with Gasteiger partial charge in [-0.2, -0.15) is 0 Å². The van der Waals surface area contributed by atoms with Crippen LogP contribution in [0.4, 0.5) is 10.5 Å². The van der Waals surface area contributed by atoms with E-state index >= 15 is 0 Å². The van der Waals surface area contributed by atoms with E-state index in [4.69, 9.17) is 11.6 Å². The highest BCUT2D eigenvalue weighted by Crippen LogP contribution is 2.36. The molecule has 0 saturated carbocycles. The van der Waals surface area contributed by atoms with E-state index in [1.54, 1.807) is 12.1 Å². The van der Waals surface area contributed by atoms with Crippen LogP contribution in [0.1, 0.15) is 22.9 Å². The summed E-state index contributed by atoms with van der Waals surface area (Å²) < 4.78 is 2.18. The van der Waals surface area contributed by atoms with E-state index in [9.17, 15) is 4.79 Å². The molecule has 5 rings (SSSR count). The number of nitrogens with one attached hydrogen (secondary N) is 1. The summed E-state index contributed by atoms with van der Waals surface area (Å²) in [5.74, 6) is 0. The highest BCUT2D eigenvalue weighted by atomic mass is 35.5. The number of nitrogens with zero attached hydrogens (tertiary/aromatic N) is 2. The number of rotatable bonds is 2. The summed E-state index contributed by atoms with van der Waals surface area (Å²) >= 11 is 6.12. The Bertz CT molecular complexity index is 1200.